The zero-order valence-electron chi connectivity index (χ0n) is 9.54. The predicted octanol–water partition coefficient (Wildman–Crippen LogP) is 2.61. The summed E-state index contributed by atoms with van der Waals surface area (Å²) in [5.74, 6) is -2.10. The number of rotatable bonds is 4. The van der Waals surface area contributed by atoms with Crippen molar-refractivity contribution < 1.29 is 22.7 Å². The number of carbonyl (C=O) groups is 1. The number of carboxylic acids is 1. The summed E-state index contributed by atoms with van der Waals surface area (Å²) in [4.78, 5) is 10.9. The molecule has 7 heteroatoms. The van der Waals surface area contributed by atoms with E-state index in [9.17, 15) is 13.2 Å². The fourth-order valence-electron chi connectivity index (χ4n) is 1.57. The number of furan rings is 1. The lowest BCUT2D eigenvalue weighted by atomic mass is 10.3. The molecule has 0 bridgehead atoms. The lowest BCUT2D eigenvalue weighted by Crippen LogP contribution is -2.07. The van der Waals surface area contributed by atoms with Crippen molar-refractivity contribution in [2.24, 2.45) is 0 Å². The lowest BCUT2D eigenvalue weighted by Gasteiger charge is -2.03. The molecule has 2 rings (SSSR count). The average Bonchev–Trinajstić information content (AvgIpc) is 2.77. The largest absolute Gasteiger partial charge is 0.475 e. The van der Waals surface area contributed by atoms with Crippen LogP contribution >= 0.6 is 11.6 Å². The molecule has 0 amide bonds. The summed E-state index contributed by atoms with van der Waals surface area (Å²) in [7, 11) is -3.64. The molecule has 1 N–H and O–H groups in total. The molecule has 0 atom stereocenters. The molecule has 0 fully saturated rings. The van der Waals surface area contributed by atoms with E-state index in [1.54, 1.807) is 0 Å². The van der Waals surface area contributed by atoms with E-state index in [4.69, 9.17) is 21.1 Å². The number of carboxylic acid groups (broad SMARTS) is 1. The lowest BCUT2D eigenvalue weighted by molar-refractivity contribution is 0.0661. The quantitative estimate of drug-likeness (QED) is 0.938. The number of hydrogen-bond acceptors (Lipinski definition) is 4. The van der Waals surface area contributed by atoms with Crippen molar-refractivity contribution >= 4 is 27.4 Å². The summed E-state index contributed by atoms with van der Waals surface area (Å²) in [5, 5.41) is 9.28. The number of halogens is 1. The van der Waals surface area contributed by atoms with E-state index < -0.39 is 21.6 Å². The van der Waals surface area contributed by atoms with Crippen molar-refractivity contribution in [3.05, 3.63) is 52.9 Å². The summed E-state index contributed by atoms with van der Waals surface area (Å²) in [6, 6.07) is 7.00. The molecule has 0 radical (unpaired) electrons. The van der Waals surface area contributed by atoms with Crippen LogP contribution in [0.1, 0.15) is 16.1 Å². The van der Waals surface area contributed by atoms with Crippen LogP contribution in [-0.2, 0) is 15.6 Å². The third kappa shape index (κ3) is 2.97. The van der Waals surface area contributed by atoms with Crippen molar-refractivity contribution in [3.63, 3.8) is 0 Å². The van der Waals surface area contributed by atoms with Crippen LogP contribution in [0.2, 0.25) is 5.02 Å². The van der Waals surface area contributed by atoms with E-state index in [1.807, 2.05) is 0 Å². The summed E-state index contributed by atoms with van der Waals surface area (Å²) in [6.45, 7) is 0. The molecule has 100 valence electrons. The first-order chi connectivity index (χ1) is 8.90. The Kier molecular flexibility index (Phi) is 3.64. The summed E-state index contributed by atoms with van der Waals surface area (Å²) >= 11 is 5.68. The fourth-order valence-corrected chi connectivity index (χ4v) is 3.05. The van der Waals surface area contributed by atoms with Gasteiger partial charge < -0.3 is 9.52 Å². The zero-order chi connectivity index (χ0) is 14.0. The van der Waals surface area contributed by atoms with Crippen LogP contribution in [0.4, 0.5) is 0 Å². The Hall–Kier alpha value is -1.79. The maximum absolute atomic E-state index is 12.1. The SMILES string of the molecule is O=C(O)c1occc1CS(=O)(=O)c1ccc(Cl)cc1. The standard InChI is InChI=1S/C12H9ClO5S/c13-9-1-3-10(4-2-9)19(16,17)7-8-5-6-18-11(8)12(14)15/h1-6H,7H2,(H,14,15). The van der Waals surface area contributed by atoms with Crippen molar-refractivity contribution in [2.45, 2.75) is 10.6 Å². The topological polar surface area (TPSA) is 84.6 Å². The number of aromatic carboxylic acids is 1. The van der Waals surface area contributed by atoms with Crippen LogP contribution in [0, 0.1) is 0 Å². The van der Waals surface area contributed by atoms with E-state index in [0.717, 1.165) is 6.26 Å². The van der Waals surface area contributed by atoms with Crippen LogP contribution in [0.3, 0.4) is 0 Å². The second kappa shape index (κ2) is 5.07. The van der Waals surface area contributed by atoms with Crippen LogP contribution in [0.15, 0.2) is 45.9 Å². The van der Waals surface area contributed by atoms with Gasteiger partial charge in [0.05, 0.1) is 16.9 Å². The van der Waals surface area contributed by atoms with Gasteiger partial charge in [-0.2, -0.15) is 0 Å². The van der Waals surface area contributed by atoms with Crippen molar-refractivity contribution in [2.75, 3.05) is 0 Å². The maximum atomic E-state index is 12.1. The minimum absolute atomic E-state index is 0.0782. The smallest absolute Gasteiger partial charge is 0.372 e. The second-order valence-electron chi connectivity index (χ2n) is 3.79. The van der Waals surface area contributed by atoms with Gasteiger partial charge in [-0.15, -0.1) is 0 Å². The average molecular weight is 301 g/mol. The minimum atomic E-state index is -3.64. The van der Waals surface area contributed by atoms with Gasteiger partial charge in [-0.1, -0.05) is 11.6 Å². The van der Waals surface area contributed by atoms with Crippen LogP contribution < -0.4 is 0 Å². The Labute approximate surface area is 114 Å². The molecular formula is C12H9ClO5S. The molecule has 1 aromatic heterocycles. The van der Waals surface area contributed by atoms with Crippen LogP contribution in [0.25, 0.3) is 0 Å². The highest BCUT2D eigenvalue weighted by Crippen LogP contribution is 2.21. The van der Waals surface area contributed by atoms with E-state index in [0.29, 0.717) is 5.02 Å². The Morgan fingerprint density at radius 1 is 1.21 bits per heavy atom. The molecular weight excluding hydrogens is 292 g/mol. The highest BCUT2D eigenvalue weighted by molar-refractivity contribution is 7.90. The molecule has 5 nitrogen and oxygen atoms in total. The third-order valence-corrected chi connectivity index (χ3v) is 4.39. The van der Waals surface area contributed by atoms with E-state index in [-0.39, 0.29) is 16.2 Å². The van der Waals surface area contributed by atoms with Gasteiger partial charge in [0, 0.05) is 10.6 Å². The van der Waals surface area contributed by atoms with Gasteiger partial charge in [-0.05, 0) is 30.3 Å². The van der Waals surface area contributed by atoms with E-state index in [2.05, 4.69) is 0 Å². The van der Waals surface area contributed by atoms with Gasteiger partial charge in [-0.3, -0.25) is 0 Å². The molecule has 0 aliphatic rings. The first-order valence-electron chi connectivity index (χ1n) is 5.18. The van der Waals surface area contributed by atoms with Gasteiger partial charge in [0.15, 0.2) is 9.84 Å². The number of hydrogen-bond donors (Lipinski definition) is 1. The van der Waals surface area contributed by atoms with E-state index >= 15 is 0 Å². The van der Waals surface area contributed by atoms with Gasteiger partial charge >= 0.3 is 5.97 Å². The second-order valence-corrected chi connectivity index (χ2v) is 6.22. The highest BCUT2D eigenvalue weighted by atomic mass is 35.5. The zero-order valence-corrected chi connectivity index (χ0v) is 11.1. The Morgan fingerprint density at radius 3 is 2.42 bits per heavy atom. The summed E-state index contributed by atoms with van der Waals surface area (Å²) in [5.41, 5.74) is 0.113. The molecule has 1 heterocycles. The minimum Gasteiger partial charge on any atom is -0.475 e. The summed E-state index contributed by atoms with van der Waals surface area (Å²) < 4.78 is 29.0. The van der Waals surface area contributed by atoms with Crippen LogP contribution in [-0.4, -0.2) is 19.5 Å². The molecule has 2 aromatic rings. The summed E-state index contributed by atoms with van der Waals surface area (Å²) in [6.07, 6.45) is 1.15. The number of sulfone groups is 1. The normalized spacial score (nSPS) is 11.4. The molecule has 0 aliphatic heterocycles. The fraction of sp³-hybridized carbons (Fsp3) is 0.0833. The van der Waals surface area contributed by atoms with Crippen molar-refractivity contribution in [1.82, 2.24) is 0 Å². The molecule has 0 unspecified atom stereocenters. The van der Waals surface area contributed by atoms with Gasteiger partial charge in [-0.25, -0.2) is 13.2 Å². The molecule has 19 heavy (non-hydrogen) atoms. The highest BCUT2D eigenvalue weighted by Gasteiger charge is 2.21. The predicted molar refractivity (Wildman–Crippen MR) is 68.0 cm³/mol. The molecule has 0 spiro atoms. The monoisotopic (exact) mass is 300 g/mol. The first kappa shape index (κ1) is 13.6. The van der Waals surface area contributed by atoms with Gasteiger partial charge in [0.1, 0.15) is 0 Å². The maximum Gasteiger partial charge on any atom is 0.372 e. The van der Waals surface area contributed by atoms with Crippen molar-refractivity contribution in [3.8, 4) is 0 Å². The Morgan fingerprint density at radius 2 is 1.84 bits per heavy atom. The molecule has 0 saturated heterocycles. The Bertz CT molecular complexity index is 700. The molecule has 0 aliphatic carbocycles. The molecule has 0 saturated carbocycles. The van der Waals surface area contributed by atoms with Crippen LogP contribution in [0.5, 0.6) is 0 Å². The first-order valence-corrected chi connectivity index (χ1v) is 7.21. The van der Waals surface area contributed by atoms with Gasteiger partial charge in [0.25, 0.3) is 0 Å². The Balaban J connectivity index is 2.34. The van der Waals surface area contributed by atoms with Crippen molar-refractivity contribution in [1.29, 1.82) is 0 Å². The molecule has 1 aromatic carbocycles. The number of benzene rings is 1. The third-order valence-electron chi connectivity index (χ3n) is 2.46. The van der Waals surface area contributed by atoms with E-state index in [1.165, 1.54) is 30.3 Å². The van der Waals surface area contributed by atoms with Gasteiger partial charge in [0.2, 0.25) is 5.76 Å².